The minimum atomic E-state index is -3.37. The van der Waals surface area contributed by atoms with E-state index in [4.69, 9.17) is 5.73 Å². The van der Waals surface area contributed by atoms with Crippen molar-refractivity contribution in [3.8, 4) is 0 Å². The molecule has 2 N–H and O–H groups in total. The van der Waals surface area contributed by atoms with E-state index in [0.29, 0.717) is 0 Å². The maximum atomic E-state index is 11.8. The van der Waals surface area contributed by atoms with Crippen molar-refractivity contribution < 1.29 is 16.8 Å². The Labute approximate surface area is 110 Å². The van der Waals surface area contributed by atoms with Crippen LogP contribution >= 0.6 is 0 Å². The van der Waals surface area contributed by atoms with Gasteiger partial charge in [0.1, 0.15) is 9.84 Å². The molecule has 18 heavy (non-hydrogen) atoms. The van der Waals surface area contributed by atoms with Gasteiger partial charge in [0.05, 0.1) is 17.3 Å². The van der Waals surface area contributed by atoms with Crippen molar-refractivity contribution in [3.05, 3.63) is 0 Å². The van der Waals surface area contributed by atoms with Gasteiger partial charge in [-0.15, -0.1) is 0 Å². The fourth-order valence-corrected chi connectivity index (χ4v) is 5.61. The van der Waals surface area contributed by atoms with Crippen LogP contribution in [0.3, 0.4) is 0 Å². The van der Waals surface area contributed by atoms with Crippen LogP contribution in [0.4, 0.5) is 0 Å². The zero-order valence-electron chi connectivity index (χ0n) is 10.8. The van der Waals surface area contributed by atoms with E-state index in [1.807, 2.05) is 0 Å². The lowest BCUT2D eigenvalue weighted by Gasteiger charge is -2.27. The fraction of sp³-hybridized carbons (Fsp3) is 1.00. The quantitative estimate of drug-likeness (QED) is 0.763. The number of sulfone groups is 2. The average Bonchev–Trinajstić information content (AvgIpc) is 2.26. The first kappa shape index (κ1) is 15.9. The monoisotopic (exact) mass is 297 g/mol. The topological polar surface area (TPSA) is 94.3 Å². The number of hydrogen-bond donors (Lipinski definition) is 1. The van der Waals surface area contributed by atoms with Gasteiger partial charge in [0.2, 0.25) is 0 Å². The normalized spacial score (nSPS) is 20.8. The zero-order valence-corrected chi connectivity index (χ0v) is 12.5. The van der Waals surface area contributed by atoms with Gasteiger partial charge < -0.3 is 5.73 Å². The minimum absolute atomic E-state index is 0.0901. The van der Waals surface area contributed by atoms with Crippen LogP contribution in [-0.4, -0.2) is 46.4 Å². The van der Waals surface area contributed by atoms with Gasteiger partial charge in [0.15, 0.2) is 9.84 Å². The molecule has 0 aromatic rings. The average molecular weight is 297 g/mol. The lowest BCUT2D eigenvalue weighted by Crippen LogP contribution is -2.39. The van der Waals surface area contributed by atoms with E-state index in [1.54, 1.807) is 0 Å². The van der Waals surface area contributed by atoms with Crippen LogP contribution in [0.2, 0.25) is 0 Å². The third-order valence-corrected chi connectivity index (χ3v) is 6.39. The molecule has 1 atom stereocenters. The molecular weight excluding hydrogens is 274 g/mol. The van der Waals surface area contributed by atoms with Gasteiger partial charge in [-0.1, -0.05) is 19.3 Å². The van der Waals surface area contributed by atoms with Crippen molar-refractivity contribution in [1.29, 1.82) is 0 Å². The van der Waals surface area contributed by atoms with Crippen LogP contribution in [0.15, 0.2) is 0 Å². The van der Waals surface area contributed by atoms with E-state index in [-0.39, 0.29) is 29.2 Å². The van der Waals surface area contributed by atoms with E-state index in [1.165, 1.54) is 6.42 Å². The second-order valence-corrected chi connectivity index (χ2v) is 9.79. The summed E-state index contributed by atoms with van der Waals surface area (Å²) in [6.45, 7) is 0. The summed E-state index contributed by atoms with van der Waals surface area (Å²) in [5.74, 6) is -0.446. The molecule has 7 heteroatoms. The maximum Gasteiger partial charge on any atom is 0.152 e. The van der Waals surface area contributed by atoms with Crippen molar-refractivity contribution in [3.63, 3.8) is 0 Å². The van der Waals surface area contributed by atoms with Crippen LogP contribution in [-0.2, 0) is 19.7 Å². The predicted molar refractivity (Wildman–Crippen MR) is 72.9 cm³/mol. The third kappa shape index (κ3) is 6.15. The smallest absolute Gasteiger partial charge is 0.152 e. The Kier molecular flexibility index (Phi) is 5.61. The van der Waals surface area contributed by atoms with E-state index in [0.717, 1.165) is 31.9 Å². The molecule has 0 bridgehead atoms. The molecule has 1 fully saturated rings. The molecule has 0 aromatic heterocycles. The molecule has 1 unspecified atom stereocenters. The molecule has 0 heterocycles. The SMILES string of the molecule is CS(=O)(=O)CCS(=O)(=O)CC(N)C1CCCCC1. The summed E-state index contributed by atoms with van der Waals surface area (Å²) in [6, 6.07) is -0.352. The molecule has 0 amide bonds. The van der Waals surface area contributed by atoms with Crippen molar-refractivity contribution in [2.75, 3.05) is 23.5 Å². The first-order chi connectivity index (χ1) is 8.20. The molecule has 0 saturated heterocycles. The van der Waals surface area contributed by atoms with Crippen LogP contribution in [0, 0.1) is 5.92 Å². The highest BCUT2D eigenvalue weighted by Gasteiger charge is 2.25. The highest BCUT2D eigenvalue weighted by atomic mass is 32.2. The molecule has 0 aliphatic heterocycles. The molecule has 1 saturated carbocycles. The van der Waals surface area contributed by atoms with Gasteiger partial charge in [0.25, 0.3) is 0 Å². The molecule has 108 valence electrons. The van der Waals surface area contributed by atoms with Crippen molar-refractivity contribution in [1.82, 2.24) is 0 Å². The highest BCUT2D eigenvalue weighted by molar-refractivity contribution is 7.94. The van der Waals surface area contributed by atoms with Crippen LogP contribution in [0.1, 0.15) is 32.1 Å². The van der Waals surface area contributed by atoms with Crippen LogP contribution < -0.4 is 5.73 Å². The van der Waals surface area contributed by atoms with Crippen molar-refractivity contribution in [2.45, 2.75) is 38.1 Å². The fourth-order valence-electron chi connectivity index (χ4n) is 2.35. The highest BCUT2D eigenvalue weighted by Crippen LogP contribution is 2.26. The van der Waals surface area contributed by atoms with E-state index in [9.17, 15) is 16.8 Å². The second kappa shape index (κ2) is 6.34. The summed E-state index contributed by atoms with van der Waals surface area (Å²) in [5.41, 5.74) is 5.95. The summed E-state index contributed by atoms with van der Waals surface area (Å²) in [5, 5.41) is 0. The lowest BCUT2D eigenvalue weighted by atomic mass is 9.85. The summed E-state index contributed by atoms with van der Waals surface area (Å²) >= 11 is 0. The van der Waals surface area contributed by atoms with Crippen molar-refractivity contribution >= 4 is 19.7 Å². The predicted octanol–water partition coefficient (Wildman–Crippen LogP) is 0.353. The van der Waals surface area contributed by atoms with Gasteiger partial charge >= 0.3 is 0 Å². The number of rotatable bonds is 6. The van der Waals surface area contributed by atoms with Gasteiger partial charge in [-0.25, -0.2) is 16.8 Å². The first-order valence-electron chi connectivity index (χ1n) is 6.33. The van der Waals surface area contributed by atoms with Gasteiger partial charge in [-0.2, -0.15) is 0 Å². The number of nitrogens with two attached hydrogens (primary N) is 1. The molecule has 0 spiro atoms. The Morgan fingerprint density at radius 1 is 1.06 bits per heavy atom. The molecular formula is C11H23NO4S2. The molecule has 1 aliphatic rings. The maximum absolute atomic E-state index is 11.8. The second-order valence-electron chi connectivity index (χ2n) is 5.31. The third-order valence-electron chi connectivity index (χ3n) is 3.47. The Morgan fingerprint density at radius 3 is 2.11 bits per heavy atom. The largest absolute Gasteiger partial charge is 0.327 e. The van der Waals surface area contributed by atoms with Gasteiger partial charge in [-0.3, -0.25) is 0 Å². The summed E-state index contributed by atoms with van der Waals surface area (Å²) in [6.07, 6.45) is 6.45. The summed E-state index contributed by atoms with van der Waals surface area (Å²) in [7, 11) is -6.61. The van der Waals surface area contributed by atoms with Crippen molar-refractivity contribution in [2.24, 2.45) is 11.7 Å². The van der Waals surface area contributed by atoms with E-state index >= 15 is 0 Å². The Bertz CT molecular complexity index is 449. The standard InChI is InChI=1S/C11H23NO4S2/c1-17(13,14)7-8-18(15,16)9-11(12)10-5-3-2-4-6-10/h10-11H,2-9,12H2,1H3. The van der Waals surface area contributed by atoms with E-state index in [2.05, 4.69) is 0 Å². The molecule has 0 aromatic carbocycles. The Hall–Kier alpha value is -0.140. The molecule has 5 nitrogen and oxygen atoms in total. The Balaban J connectivity index is 2.48. The molecule has 1 rings (SSSR count). The lowest BCUT2D eigenvalue weighted by molar-refractivity contribution is 0.317. The van der Waals surface area contributed by atoms with Crippen LogP contribution in [0.25, 0.3) is 0 Å². The van der Waals surface area contributed by atoms with Crippen LogP contribution in [0.5, 0.6) is 0 Å². The van der Waals surface area contributed by atoms with E-state index < -0.39 is 19.7 Å². The summed E-state index contributed by atoms with van der Waals surface area (Å²) < 4.78 is 45.5. The Morgan fingerprint density at radius 2 is 1.61 bits per heavy atom. The minimum Gasteiger partial charge on any atom is -0.327 e. The molecule has 1 aliphatic carbocycles. The van der Waals surface area contributed by atoms with Gasteiger partial charge in [0, 0.05) is 12.3 Å². The summed E-state index contributed by atoms with van der Waals surface area (Å²) in [4.78, 5) is 0. The molecule has 0 radical (unpaired) electrons. The number of hydrogen-bond acceptors (Lipinski definition) is 5. The zero-order chi connectivity index (χ0) is 13.8. The van der Waals surface area contributed by atoms with Gasteiger partial charge in [-0.05, 0) is 18.8 Å². The first-order valence-corrected chi connectivity index (χ1v) is 10.2.